The molecule has 0 bridgehead atoms. The minimum Gasteiger partial charge on any atom is -0.405 e. The van der Waals surface area contributed by atoms with Crippen molar-refractivity contribution in [1.29, 1.82) is 0 Å². The van der Waals surface area contributed by atoms with E-state index in [1.54, 1.807) is 30.4 Å². The van der Waals surface area contributed by atoms with Gasteiger partial charge in [0, 0.05) is 10.5 Å². The number of H-pyrrole nitrogens is 1. The number of anilines is 1. The number of hydrogen-bond donors (Lipinski definition) is 5. The van der Waals surface area contributed by atoms with Crippen molar-refractivity contribution in [2.24, 2.45) is 5.73 Å². The Labute approximate surface area is 211 Å². The van der Waals surface area contributed by atoms with Crippen LogP contribution in [0.5, 0.6) is 0 Å². The zero-order valence-electron chi connectivity index (χ0n) is 20.4. The molecule has 0 saturated carbocycles. The summed E-state index contributed by atoms with van der Waals surface area (Å²) in [5.41, 5.74) is 3.58. The van der Waals surface area contributed by atoms with Crippen molar-refractivity contribution in [3.05, 3.63) is 69.6 Å². The molecule has 2 rings (SSSR count). The van der Waals surface area contributed by atoms with Gasteiger partial charge in [-0.15, -0.1) is 6.58 Å². The van der Waals surface area contributed by atoms with E-state index in [4.69, 9.17) is 5.73 Å². The number of allylic oxidation sites excluding steroid dienone is 2. The summed E-state index contributed by atoms with van der Waals surface area (Å²) in [4.78, 5) is 24.7. The van der Waals surface area contributed by atoms with Crippen LogP contribution >= 0.6 is 15.9 Å². The average Bonchev–Trinajstić information content (AvgIpc) is 3.20. The van der Waals surface area contributed by atoms with Crippen molar-refractivity contribution in [2.75, 3.05) is 5.32 Å². The van der Waals surface area contributed by atoms with Crippen molar-refractivity contribution in [1.82, 2.24) is 15.5 Å². The van der Waals surface area contributed by atoms with Gasteiger partial charge in [-0.25, -0.2) is 0 Å². The molecule has 194 valence electrons. The summed E-state index contributed by atoms with van der Waals surface area (Å²) in [7, 11) is 0. The Morgan fingerprint density at radius 2 is 1.71 bits per heavy atom. The van der Waals surface area contributed by atoms with Gasteiger partial charge in [0.05, 0.1) is 11.3 Å². The number of rotatable bonds is 4. The molecule has 0 fully saturated rings. The number of hydrogen-bond acceptors (Lipinski definition) is 5. The number of carbonyl (C=O) groups excluding carboxylic acids is 2. The Morgan fingerprint density at radius 1 is 1.20 bits per heavy atom. The molecule has 0 spiro atoms. The topological polar surface area (TPSA) is 133 Å². The highest BCUT2D eigenvalue weighted by Gasteiger charge is 2.34. The molecule has 0 unspecified atom stereocenters. The molecule has 8 nitrogen and oxygen atoms in total. The van der Waals surface area contributed by atoms with Gasteiger partial charge in [0.2, 0.25) is 0 Å². The number of halogens is 4. The standard InChI is InChI=1S/C16H16BrF3N4O3.C4H9N.C3H6/c1-7-4-8(17)5-9(13(25)22-15(2,3)27)12(7)21-14(26)10-6-11(24-23-10)16(18,19)20;1-4(2)3-5;1-3-2/h4-6,27H,1-3H3,(H,21,26)(H,22,25)(H,23,24);3H,5H2,1-2H3;3H,1H2,2H3. The fourth-order valence-electron chi connectivity index (χ4n) is 2.19. The summed E-state index contributed by atoms with van der Waals surface area (Å²) in [5.74, 6) is -1.61. The van der Waals surface area contributed by atoms with Crippen molar-refractivity contribution in [3.63, 3.8) is 0 Å². The molecule has 0 aliphatic heterocycles. The number of aromatic nitrogens is 2. The molecule has 12 heteroatoms. The first kappa shape index (κ1) is 31.9. The second-order valence-corrected chi connectivity index (χ2v) is 8.85. The molecular formula is C23H31BrF3N5O3. The van der Waals surface area contributed by atoms with Crippen LogP contribution in [-0.4, -0.2) is 32.8 Å². The van der Waals surface area contributed by atoms with Gasteiger partial charge >= 0.3 is 6.18 Å². The van der Waals surface area contributed by atoms with E-state index in [0.29, 0.717) is 16.1 Å². The second kappa shape index (κ2) is 13.7. The van der Waals surface area contributed by atoms with E-state index in [-0.39, 0.29) is 11.3 Å². The number of aryl methyl sites for hydroxylation is 1. The maximum atomic E-state index is 12.6. The van der Waals surface area contributed by atoms with E-state index in [2.05, 4.69) is 38.2 Å². The van der Waals surface area contributed by atoms with Gasteiger partial charge in [0.1, 0.15) is 11.4 Å². The number of aliphatic hydroxyl groups is 1. The van der Waals surface area contributed by atoms with E-state index >= 15 is 0 Å². The number of nitrogens with one attached hydrogen (secondary N) is 3. The Morgan fingerprint density at radius 3 is 2.11 bits per heavy atom. The number of benzene rings is 1. The molecule has 0 radical (unpaired) electrons. The van der Waals surface area contributed by atoms with Crippen LogP contribution in [0.25, 0.3) is 0 Å². The summed E-state index contributed by atoms with van der Waals surface area (Å²) in [6.07, 6.45) is -1.34. The number of aromatic amines is 1. The molecule has 35 heavy (non-hydrogen) atoms. The highest BCUT2D eigenvalue weighted by Crippen LogP contribution is 2.29. The maximum Gasteiger partial charge on any atom is 0.432 e. The van der Waals surface area contributed by atoms with E-state index in [1.165, 1.54) is 19.9 Å². The molecular weight excluding hydrogens is 531 g/mol. The number of nitrogens with two attached hydrogens (primary N) is 1. The molecule has 2 amide bonds. The second-order valence-electron chi connectivity index (χ2n) is 7.93. The SMILES string of the molecule is C=CC.CC(C)=CN.Cc1cc(Br)cc(C(=O)NC(C)(C)O)c1NC(=O)c1cc(C(F)(F)F)[nH]n1. The molecule has 0 saturated heterocycles. The van der Waals surface area contributed by atoms with Crippen molar-refractivity contribution >= 4 is 33.4 Å². The predicted octanol–water partition coefficient (Wildman–Crippen LogP) is 5.27. The van der Waals surface area contributed by atoms with Crippen LogP contribution in [0.3, 0.4) is 0 Å². The molecule has 2 aromatic rings. The molecule has 6 N–H and O–H groups in total. The molecule has 0 aliphatic rings. The first-order valence-corrected chi connectivity index (χ1v) is 11.0. The first-order valence-electron chi connectivity index (χ1n) is 10.2. The van der Waals surface area contributed by atoms with Gasteiger partial charge in [0.25, 0.3) is 11.8 Å². The van der Waals surface area contributed by atoms with E-state index in [1.807, 2.05) is 20.8 Å². The van der Waals surface area contributed by atoms with Crippen LogP contribution in [0.15, 0.2) is 47.1 Å². The quantitative estimate of drug-likeness (QED) is 0.256. The largest absolute Gasteiger partial charge is 0.432 e. The third-order valence-electron chi connectivity index (χ3n) is 3.65. The van der Waals surface area contributed by atoms with Gasteiger partial charge in [-0.3, -0.25) is 14.7 Å². The maximum absolute atomic E-state index is 12.6. The van der Waals surface area contributed by atoms with Crippen LogP contribution < -0.4 is 16.4 Å². The summed E-state index contributed by atoms with van der Waals surface area (Å²) >= 11 is 3.23. The number of alkyl halides is 3. The highest BCUT2D eigenvalue weighted by molar-refractivity contribution is 9.10. The predicted molar refractivity (Wildman–Crippen MR) is 134 cm³/mol. The van der Waals surface area contributed by atoms with Crippen LogP contribution in [-0.2, 0) is 6.18 Å². The molecule has 1 aromatic heterocycles. The normalized spacial score (nSPS) is 10.6. The third kappa shape index (κ3) is 11.7. The van der Waals surface area contributed by atoms with Crippen LogP contribution in [0.1, 0.15) is 66.7 Å². The van der Waals surface area contributed by atoms with E-state index in [0.717, 1.165) is 5.57 Å². The van der Waals surface area contributed by atoms with E-state index in [9.17, 15) is 27.9 Å². The molecule has 1 heterocycles. The highest BCUT2D eigenvalue weighted by atomic mass is 79.9. The van der Waals surface area contributed by atoms with Crippen molar-refractivity contribution in [2.45, 2.75) is 53.4 Å². The minimum atomic E-state index is -4.67. The summed E-state index contributed by atoms with van der Waals surface area (Å²) in [5, 5.41) is 19.6. The fourth-order valence-corrected chi connectivity index (χ4v) is 2.77. The number of nitrogens with zero attached hydrogens (tertiary/aromatic N) is 1. The molecule has 0 aliphatic carbocycles. The fraction of sp³-hybridized carbons (Fsp3) is 0.348. The lowest BCUT2D eigenvalue weighted by molar-refractivity contribution is -0.141. The van der Waals surface area contributed by atoms with Crippen LogP contribution in [0.4, 0.5) is 18.9 Å². The average molecular weight is 562 g/mol. The Kier molecular flexibility index (Phi) is 12.5. The smallest absolute Gasteiger partial charge is 0.405 e. The van der Waals surface area contributed by atoms with Crippen molar-refractivity contribution < 1.29 is 27.9 Å². The summed E-state index contributed by atoms with van der Waals surface area (Å²) < 4.78 is 38.5. The minimum absolute atomic E-state index is 0.0175. The zero-order valence-corrected chi connectivity index (χ0v) is 22.0. The van der Waals surface area contributed by atoms with Crippen molar-refractivity contribution in [3.8, 4) is 0 Å². The van der Waals surface area contributed by atoms with Gasteiger partial charge in [0.15, 0.2) is 5.69 Å². The van der Waals surface area contributed by atoms with Crippen LogP contribution in [0, 0.1) is 6.92 Å². The van der Waals surface area contributed by atoms with Gasteiger partial charge in [-0.05, 0) is 65.4 Å². The summed E-state index contributed by atoms with van der Waals surface area (Å²) in [6, 6.07) is 3.59. The number of carbonyl (C=O) groups is 2. The third-order valence-corrected chi connectivity index (χ3v) is 4.11. The lowest BCUT2D eigenvalue weighted by Crippen LogP contribution is -2.43. The van der Waals surface area contributed by atoms with Gasteiger partial charge in [-0.1, -0.05) is 27.6 Å². The number of amides is 2. The van der Waals surface area contributed by atoms with Crippen LogP contribution in [0.2, 0.25) is 0 Å². The van der Waals surface area contributed by atoms with Gasteiger partial charge in [-0.2, -0.15) is 18.3 Å². The molecule has 1 aromatic carbocycles. The van der Waals surface area contributed by atoms with Gasteiger partial charge < -0.3 is 21.5 Å². The lowest BCUT2D eigenvalue weighted by atomic mass is 10.1. The zero-order chi connectivity index (χ0) is 27.6. The summed E-state index contributed by atoms with van der Waals surface area (Å²) in [6.45, 7) is 13.5. The Hall–Kier alpha value is -3.12. The first-order chi connectivity index (χ1) is 16.0. The lowest BCUT2D eigenvalue weighted by Gasteiger charge is -2.21. The molecule has 0 atom stereocenters. The van der Waals surface area contributed by atoms with E-state index < -0.39 is 35.1 Å². The Bertz CT molecular complexity index is 1050. The Balaban J connectivity index is 0.00000126. The monoisotopic (exact) mass is 561 g/mol.